The summed E-state index contributed by atoms with van der Waals surface area (Å²) in [5.41, 5.74) is 2.00. The normalized spacial score (nSPS) is 16.1. The number of nitrogens with one attached hydrogen (secondary N) is 2. The molecule has 0 spiro atoms. The summed E-state index contributed by atoms with van der Waals surface area (Å²) in [6.45, 7) is 1.05. The van der Waals surface area contributed by atoms with E-state index in [9.17, 15) is 21.6 Å². The minimum Gasteiger partial charge on any atom is -0.452 e. The minimum absolute atomic E-state index is 0.0218. The van der Waals surface area contributed by atoms with Crippen LogP contribution in [0.2, 0.25) is 0 Å². The predicted octanol–water partition coefficient (Wildman–Crippen LogP) is -0.0762. The molecule has 0 atom stereocenters. The van der Waals surface area contributed by atoms with E-state index in [0.29, 0.717) is 13.2 Å². The number of hydrogen-bond donors (Lipinski definition) is 2. The van der Waals surface area contributed by atoms with Gasteiger partial charge in [0, 0.05) is 18.7 Å². The van der Waals surface area contributed by atoms with Crippen molar-refractivity contribution in [1.29, 1.82) is 0 Å². The predicted molar refractivity (Wildman–Crippen MR) is 92.5 cm³/mol. The number of morpholine rings is 1. The van der Waals surface area contributed by atoms with Crippen molar-refractivity contribution in [2.75, 3.05) is 26.3 Å². The molecule has 12 heteroatoms. The van der Waals surface area contributed by atoms with E-state index in [-0.39, 0.29) is 28.6 Å². The number of benzene rings is 1. The van der Waals surface area contributed by atoms with Gasteiger partial charge in [0.05, 0.1) is 24.4 Å². The lowest BCUT2D eigenvalue weighted by Gasteiger charge is -2.26. The Morgan fingerprint density at radius 1 is 1.04 bits per heavy atom. The van der Waals surface area contributed by atoms with E-state index in [1.807, 2.05) is 10.3 Å². The molecule has 1 aromatic heterocycles. The lowest BCUT2D eigenvalue weighted by molar-refractivity contribution is 0.0730. The Kier molecular flexibility index (Phi) is 5.62. The number of amides is 1. The highest BCUT2D eigenvalue weighted by Crippen LogP contribution is 2.18. The smallest absolute Gasteiger partial charge is 0.290 e. The van der Waals surface area contributed by atoms with E-state index < -0.39 is 26.0 Å². The molecule has 10 nitrogen and oxygen atoms in total. The lowest BCUT2D eigenvalue weighted by Crippen LogP contribution is -2.42. The van der Waals surface area contributed by atoms with Crippen LogP contribution in [0.5, 0.6) is 0 Å². The molecule has 0 aliphatic carbocycles. The summed E-state index contributed by atoms with van der Waals surface area (Å²) in [6.07, 6.45) is 1.18. The second kappa shape index (κ2) is 7.78. The fraction of sp³-hybridized carbons (Fsp3) is 0.267. The fourth-order valence-electron chi connectivity index (χ4n) is 2.39. The molecule has 2 heterocycles. The molecule has 146 valence electrons. The van der Waals surface area contributed by atoms with Gasteiger partial charge in [0.2, 0.25) is 15.1 Å². The molecule has 3 rings (SSSR count). The first-order valence-electron chi connectivity index (χ1n) is 7.84. The average Bonchev–Trinajstić information content (AvgIpc) is 3.23. The highest BCUT2D eigenvalue weighted by atomic mass is 32.2. The van der Waals surface area contributed by atoms with Gasteiger partial charge in [0.15, 0.2) is 0 Å². The third kappa shape index (κ3) is 4.36. The SMILES string of the molecule is O=C(NNS(=O)(=O)c1ccco1)c1cccc(S(=O)(=O)N2CCOCC2)c1. The summed E-state index contributed by atoms with van der Waals surface area (Å²) in [7, 11) is -7.84. The maximum absolute atomic E-state index is 12.6. The van der Waals surface area contributed by atoms with Crippen LogP contribution in [0.1, 0.15) is 10.4 Å². The number of ether oxygens (including phenoxy) is 1. The van der Waals surface area contributed by atoms with Crippen LogP contribution in [0.4, 0.5) is 0 Å². The van der Waals surface area contributed by atoms with Gasteiger partial charge in [-0.25, -0.2) is 16.8 Å². The van der Waals surface area contributed by atoms with E-state index in [1.54, 1.807) is 0 Å². The van der Waals surface area contributed by atoms with Crippen LogP contribution in [0.15, 0.2) is 57.1 Å². The molecule has 0 saturated carbocycles. The first-order valence-corrected chi connectivity index (χ1v) is 10.8. The molecule has 2 N–H and O–H groups in total. The van der Waals surface area contributed by atoms with Crippen molar-refractivity contribution in [2.24, 2.45) is 0 Å². The Morgan fingerprint density at radius 3 is 2.44 bits per heavy atom. The molecule has 0 unspecified atom stereocenters. The molecule has 0 radical (unpaired) electrons. The number of carbonyl (C=O) groups is 1. The summed E-state index contributed by atoms with van der Waals surface area (Å²) in [6, 6.07) is 7.93. The topological polar surface area (TPSA) is 135 Å². The number of sulfonamides is 2. The van der Waals surface area contributed by atoms with E-state index in [0.717, 1.165) is 0 Å². The van der Waals surface area contributed by atoms with Crippen LogP contribution in [0.3, 0.4) is 0 Å². The van der Waals surface area contributed by atoms with E-state index in [4.69, 9.17) is 9.15 Å². The van der Waals surface area contributed by atoms with Crippen molar-refractivity contribution in [3.8, 4) is 0 Å². The average molecular weight is 415 g/mol. The monoisotopic (exact) mass is 415 g/mol. The quantitative estimate of drug-likeness (QED) is 0.630. The van der Waals surface area contributed by atoms with Gasteiger partial charge in [0.25, 0.3) is 15.9 Å². The summed E-state index contributed by atoms with van der Waals surface area (Å²) in [4.78, 5) is 14.0. The van der Waals surface area contributed by atoms with Gasteiger partial charge in [-0.15, -0.1) is 4.83 Å². The third-order valence-electron chi connectivity index (χ3n) is 3.76. The molecule has 1 saturated heterocycles. The van der Waals surface area contributed by atoms with Crippen molar-refractivity contribution >= 4 is 26.0 Å². The third-order valence-corrected chi connectivity index (χ3v) is 6.79. The summed E-state index contributed by atoms with van der Waals surface area (Å²) < 4.78 is 60.3. The summed E-state index contributed by atoms with van der Waals surface area (Å²) in [5, 5.41) is -0.369. The Bertz CT molecular complexity index is 1010. The van der Waals surface area contributed by atoms with Crippen LogP contribution in [0, 0.1) is 0 Å². The summed E-state index contributed by atoms with van der Waals surface area (Å²) >= 11 is 0. The lowest BCUT2D eigenvalue weighted by atomic mass is 10.2. The Balaban J connectivity index is 1.74. The number of nitrogens with zero attached hydrogens (tertiary/aromatic N) is 1. The second-order valence-corrected chi connectivity index (χ2v) is 9.09. The Labute approximate surface area is 156 Å². The number of carbonyl (C=O) groups excluding carboxylic acids is 1. The van der Waals surface area contributed by atoms with Gasteiger partial charge >= 0.3 is 0 Å². The van der Waals surface area contributed by atoms with Gasteiger partial charge in [-0.2, -0.15) is 4.31 Å². The largest absolute Gasteiger partial charge is 0.452 e. The number of rotatable bonds is 6. The van der Waals surface area contributed by atoms with Crippen LogP contribution in [0.25, 0.3) is 0 Å². The zero-order valence-corrected chi connectivity index (χ0v) is 15.6. The zero-order chi connectivity index (χ0) is 19.5. The fourth-order valence-corrected chi connectivity index (χ4v) is 4.61. The number of furan rings is 1. The molecule has 0 bridgehead atoms. The maximum atomic E-state index is 12.6. The first kappa shape index (κ1) is 19.5. The zero-order valence-electron chi connectivity index (χ0n) is 14.0. The van der Waals surface area contributed by atoms with E-state index in [1.165, 1.54) is 47.0 Å². The molecule has 1 aliphatic rings. The minimum atomic E-state index is -4.06. The van der Waals surface area contributed by atoms with Crippen molar-refractivity contribution in [2.45, 2.75) is 9.99 Å². The maximum Gasteiger partial charge on any atom is 0.290 e. The van der Waals surface area contributed by atoms with Crippen molar-refractivity contribution in [1.82, 2.24) is 14.6 Å². The van der Waals surface area contributed by atoms with Crippen LogP contribution in [-0.2, 0) is 24.8 Å². The Hall–Kier alpha value is -2.25. The molecule has 1 fully saturated rings. The first-order chi connectivity index (χ1) is 12.8. The van der Waals surface area contributed by atoms with Gasteiger partial charge in [-0.3, -0.25) is 10.2 Å². The molecule has 1 aromatic carbocycles. The van der Waals surface area contributed by atoms with Gasteiger partial charge in [-0.1, -0.05) is 6.07 Å². The number of hydrazine groups is 1. The van der Waals surface area contributed by atoms with E-state index in [2.05, 4.69) is 0 Å². The highest BCUT2D eigenvalue weighted by molar-refractivity contribution is 7.89. The van der Waals surface area contributed by atoms with Gasteiger partial charge in [0.1, 0.15) is 0 Å². The number of hydrogen-bond acceptors (Lipinski definition) is 7. The molecule has 27 heavy (non-hydrogen) atoms. The molecular weight excluding hydrogens is 398 g/mol. The molecule has 1 amide bonds. The molecule has 2 aromatic rings. The van der Waals surface area contributed by atoms with Crippen molar-refractivity contribution < 1.29 is 30.8 Å². The van der Waals surface area contributed by atoms with E-state index >= 15 is 0 Å². The highest BCUT2D eigenvalue weighted by Gasteiger charge is 2.27. The van der Waals surface area contributed by atoms with Crippen molar-refractivity contribution in [3.05, 3.63) is 48.2 Å². The van der Waals surface area contributed by atoms with Gasteiger partial charge < -0.3 is 9.15 Å². The second-order valence-electron chi connectivity index (χ2n) is 5.54. The standard InChI is InChI=1S/C15H17N3O7S2/c19-15(16-17-26(20,21)14-5-2-8-25-14)12-3-1-4-13(11-12)27(22,23)18-6-9-24-10-7-18/h1-5,8,11,17H,6-7,9-10H2,(H,16,19). The van der Waals surface area contributed by atoms with Crippen LogP contribution in [-0.4, -0.2) is 53.4 Å². The Morgan fingerprint density at radius 2 is 1.78 bits per heavy atom. The van der Waals surface area contributed by atoms with Crippen molar-refractivity contribution in [3.63, 3.8) is 0 Å². The molecular formula is C15H17N3O7S2. The van der Waals surface area contributed by atoms with Gasteiger partial charge in [-0.05, 0) is 30.3 Å². The molecule has 1 aliphatic heterocycles. The van der Waals surface area contributed by atoms with Crippen LogP contribution >= 0.6 is 0 Å². The summed E-state index contributed by atoms with van der Waals surface area (Å²) in [5.74, 6) is -0.816. The van der Waals surface area contributed by atoms with Crippen LogP contribution < -0.4 is 10.3 Å².